The molecule has 2 heterocycles. The highest BCUT2D eigenvalue weighted by Crippen LogP contribution is 2.30. The molecule has 0 amide bonds. The van der Waals surface area contributed by atoms with Gasteiger partial charge in [-0.05, 0) is 32.0 Å². The van der Waals surface area contributed by atoms with Crippen molar-refractivity contribution in [2.24, 2.45) is 0 Å². The highest BCUT2D eigenvalue weighted by Gasteiger charge is 2.22. The molecule has 0 fully saturated rings. The summed E-state index contributed by atoms with van der Waals surface area (Å²) in [5, 5.41) is 9.43. The third-order valence-electron chi connectivity index (χ3n) is 3.89. The normalized spacial score (nSPS) is 12.1. The molecule has 0 aliphatic carbocycles. The van der Waals surface area contributed by atoms with Gasteiger partial charge in [-0.25, -0.2) is 0 Å². The number of halogens is 1. The Hall–Kier alpha value is -2.31. The molecule has 134 valence electrons. The highest BCUT2D eigenvalue weighted by molar-refractivity contribution is 8.00. The van der Waals surface area contributed by atoms with Gasteiger partial charge in [-0.1, -0.05) is 41.6 Å². The van der Waals surface area contributed by atoms with Crippen molar-refractivity contribution in [3.05, 3.63) is 65.6 Å². The largest absolute Gasteiger partial charge is 0.469 e. The van der Waals surface area contributed by atoms with Gasteiger partial charge in [0.25, 0.3) is 0 Å². The van der Waals surface area contributed by atoms with Crippen LogP contribution in [-0.2, 0) is 6.54 Å². The molecule has 1 aromatic carbocycles. The average Bonchev–Trinajstić information content (AvgIpc) is 3.21. The van der Waals surface area contributed by atoms with E-state index >= 15 is 0 Å². The minimum atomic E-state index is -0.334. The molecule has 0 saturated heterocycles. The lowest BCUT2D eigenvalue weighted by Gasteiger charge is -2.12. The zero-order valence-electron chi connectivity index (χ0n) is 14.5. The Kier molecular flexibility index (Phi) is 5.64. The molecule has 1 atom stereocenters. The van der Waals surface area contributed by atoms with Gasteiger partial charge in [-0.3, -0.25) is 9.36 Å². The first-order valence-corrected chi connectivity index (χ1v) is 9.32. The van der Waals surface area contributed by atoms with E-state index in [1.165, 1.54) is 11.8 Å². The van der Waals surface area contributed by atoms with Gasteiger partial charge in [0.15, 0.2) is 16.8 Å². The Balaban J connectivity index is 1.87. The van der Waals surface area contributed by atoms with Crippen LogP contribution >= 0.6 is 23.4 Å². The molecule has 1 unspecified atom stereocenters. The van der Waals surface area contributed by atoms with E-state index in [2.05, 4.69) is 16.8 Å². The summed E-state index contributed by atoms with van der Waals surface area (Å²) in [4.78, 5) is 12.7. The minimum Gasteiger partial charge on any atom is -0.469 e. The van der Waals surface area contributed by atoms with Gasteiger partial charge in [-0.15, -0.1) is 16.8 Å². The number of Topliss-reactive ketones (excluding diaryl/α,β-unsaturated/α-hetero) is 1. The number of hydrogen-bond acceptors (Lipinski definition) is 5. The summed E-state index contributed by atoms with van der Waals surface area (Å²) in [5.74, 6) is 1.45. The molecule has 3 rings (SSSR count). The molecule has 0 spiro atoms. The third-order valence-corrected chi connectivity index (χ3v) is 5.20. The lowest BCUT2D eigenvalue weighted by Crippen LogP contribution is -2.14. The number of aryl methyl sites for hydroxylation is 1. The Labute approximate surface area is 161 Å². The average molecular weight is 388 g/mol. The van der Waals surface area contributed by atoms with Gasteiger partial charge in [0, 0.05) is 17.1 Å². The van der Waals surface area contributed by atoms with Crippen molar-refractivity contribution in [3.8, 4) is 11.4 Å². The maximum absolute atomic E-state index is 12.7. The summed E-state index contributed by atoms with van der Waals surface area (Å²) in [6.07, 6.45) is 3.39. The van der Waals surface area contributed by atoms with Crippen molar-refractivity contribution in [3.63, 3.8) is 0 Å². The molecule has 0 aliphatic rings. The first kappa shape index (κ1) is 18.5. The molecule has 0 saturated carbocycles. The Morgan fingerprint density at radius 2 is 2.23 bits per heavy atom. The fourth-order valence-corrected chi connectivity index (χ4v) is 3.70. The summed E-state index contributed by atoms with van der Waals surface area (Å²) in [6, 6.07) is 8.81. The van der Waals surface area contributed by atoms with E-state index in [1.54, 1.807) is 36.6 Å². The van der Waals surface area contributed by atoms with E-state index in [0.29, 0.717) is 28.1 Å². The number of aromatic nitrogens is 3. The number of benzene rings is 1. The van der Waals surface area contributed by atoms with Gasteiger partial charge in [0.2, 0.25) is 0 Å². The number of rotatable bonds is 7. The maximum Gasteiger partial charge on any atom is 0.192 e. The first-order valence-electron chi connectivity index (χ1n) is 8.06. The predicted octanol–water partition coefficient (Wildman–Crippen LogP) is 5.05. The first-order chi connectivity index (χ1) is 12.5. The molecular formula is C19H18ClN3O2S. The third kappa shape index (κ3) is 3.76. The van der Waals surface area contributed by atoms with E-state index in [0.717, 1.165) is 11.3 Å². The fraction of sp³-hybridized carbons (Fsp3) is 0.211. The van der Waals surface area contributed by atoms with Gasteiger partial charge in [0.05, 0.1) is 17.1 Å². The Bertz CT molecular complexity index is 948. The Morgan fingerprint density at radius 1 is 1.42 bits per heavy atom. The standard InChI is InChI=1S/C19H18ClN3O2S/c1-4-9-23-18(16-8-10-25-12(16)2)21-22-19(23)26-13(3)17(24)14-6-5-7-15(20)11-14/h4-8,10-11,13H,1,9H2,2-3H3. The predicted molar refractivity (Wildman–Crippen MR) is 104 cm³/mol. The van der Waals surface area contributed by atoms with Crippen LogP contribution in [0.4, 0.5) is 0 Å². The number of furan rings is 1. The highest BCUT2D eigenvalue weighted by atomic mass is 35.5. The summed E-state index contributed by atoms with van der Waals surface area (Å²) in [5.41, 5.74) is 1.46. The minimum absolute atomic E-state index is 0.00769. The van der Waals surface area contributed by atoms with Gasteiger partial charge >= 0.3 is 0 Å². The van der Waals surface area contributed by atoms with Crippen molar-refractivity contribution in [1.82, 2.24) is 14.8 Å². The van der Waals surface area contributed by atoms with Crippen molar-refractivity contribution < 1.29 is 9.21 Å². The lowest BCUT2D eigenvalue weighted by atomic mass is 10.1. The van der Waals surface area contributed by atoms with E-state index in [-0.39, 0.29) is 11.0 Å². The van der Waals surface area contributed by atoms with Gasteiger partial charge in [-0.2, -0.15) is 0 Å². The van der Waals surface area contributed by atoms with E-state index in [1.807, 2.05) is 24.5 Å². The zero-order valence-corrected chi connectivity index (χ0v) is 16.0. The van der Waals surface area contributed by atoms with Crippen LogP contribution in [0.15, 0.2) is 58.8 Å². The monoisotopic (exact) mass is 387 g/mol. The van der Waals surface area contributed by atoms with Crippen molar-refractivity contribution >= 4 is 29.1 Å². The number of nitrogens with zero attached hydrogens (tertiary/aromatic N) is 3. The molecule has 0 aliphatic heterocycles. The van der Waals surface area contributed by atoms with Crippen molar-refractivity contribution in [1.29, 1.82) is 0 Å². The zero-order chi connectivity index (χ0) is 18.7. The fourth-order valence-electron chi connectivity index (χ4n) is 2.57. The molecule has 0 bridgehead atoms. The van der Waals surface area contributed by atoms with Crippen LogP contribution in [-0.4, -0.2) is 25.8 Å². The van der Waals surface area contributed by atoms with Gasteiger partial charge < -0.3 is 4.42 Å². The molecular weight excluding hydrogens is 370 g/mol. The second kappa shape index (κ2) is 7.93. The van der Waals surface area contributed by atoms with Crippen LogP contribution in [0.5, 0.6) is 0 Å². The second-order valence-corrected chi connectivity index (χ2v) is 7.47. The summed E-state index contributed by atoms with van der Waals surface area (Å²) < 4.78 is 7.30. The smallest absolute Gasteiger partial charge is 0.192 e. The molecule has 26 heavy (non-hydrogen) atoms. The molecule has 3 aromatic rings. The van der Waals surface area contributed by atoms with Crippen LogP contribution in [0.25, 0.3) is 11.4 Å². The summed E-state index contributed by atoms with van der Waals surface area (Å²) in [6.45, 7) is 8.06. The summed E-state index contributed by atoms with van der Waals surface area (Å²) in [7, 11) is 0. The van der Waals surface area contributed by atoms with Crippen LogP contribution in [0.3, 0.4) is 0 Å². The molecule has 2 aromatic heterocycles. The number of ketones is 1. The van der Waals surface area contributed by atoms with Crippen LogP contribution in [0.1, 0.15) is 23.0 Å². The number of allylic oxidation sites excluding steroid dienone is 1. The molecule has 0 N–H and O–H groups in total. The van der Waals surface area contributed by atoms with Gasteiger partial charge in [0.1, 0.15) is 5.76 Å². The van der Waals surface area contributed by atoms with E-state index < -0.39 is 0 Å². The van der Waals surface area contributed by atoms with E-state index in [4.69, 9.17) is 16.0 Å². The number of carbonyl (C=O) groups excluding carboxylic acids is 1. The number of hydrogen-bond donors (Lipinski definition) is 0. The SMILES string of the molecule is C=CCn1c(SC(C)C(=O)c2cccc(Cl)c2)nnc1-c1ccoc1C. The quantitative estimate of drug-likeness (QED) is 0.322. The number of thioether (sulfide) groups is 1. The van der Waals surface area contributed by atoms with E-state index in [9.17, 15) is 4.79 Å². The van der Waals surface area contributed by atoms with Crippen molar-refractivity contribution in [2.45, 2.75) is 30.8 Å². The van der Waals surface area contributed by atoms with Crippen LogP contribution < -0.4 is 0 Å². The molecule has 5 nitrogen and oxygen atoms in total. The second-order valence-electron chi connectivity index (χ2n) is 5.73. The lowest BCUT2D eigenvalue weighted by molar-refractivity contribution is 0.0994. The number of carbonyl (C=O) groups is 1. The molecule has 0 radical (unpaired) electrons. The van der Waals surface area contributed by atoms with Crippen LogP contribution in [0.2, 0.25) is 5.02 Å². The molecule has 7 heteroatoms. The van der Waals surface area contributed by atoms with Crippen molar-refractivity contribution in [2.75, 3.05) is 0 Å². The maximum atomic E-state index is 12.7. The van der Waals surface area contributed by atoms with Crippen LogP contribution in [0, 0.1) is 6.92 Å². The summed E-state index contributed by atoms with van der Waals surface area (Å²) >= 11 is 7.35. The Morgan fingerprint density at radius 3 is 2.88 bits per heavy atom. The topological polar surface area (TPSA) is 60.9 Å².